The first-order valence-corrected chi connectivity index (χ1v) is 8.96. The molecule has 1 aliphatic heterocycles. The molecule has 1 aliphatic rings. The average Bonchev–Trinajstić information content (AvgIpc) is 2.95. The summed E-state index contributed by atoms with van der Waals surface area (Å²) in [5, 5.41) is 2.99. The highest BCUT2D eigenvalue weighted by Crippen LogP contribution is 2.33. The monoisotopic (exact) mass is 356 g/mol. The molecule has 1 N–H and O–H groups in total. The highest BCUT2D eigenvalue weighted by molar-refractivity contribution is 6.07. The minimum atomic E-state index is -1.09. The summed E-state index contributed by atoms with van der Waals surface area (Å²) >= 11 is 0. The molecular weight excluding hydrogens is 336 g/mol. The molecule has 3 amide bonds. The molecule has 3 aromatic rings. The van der Waals surface area contributed by atoms with Gasteiger partial charge in [-0.2, -0.15) is 0 Å². The third-order valence-corrected chi connectivity index (χ3v) is 4.94. The number of hydrogen-bond donors (Lipinski definition) is 1. The molecule has 0 saturated carbocycles. The van der Waals surface area contributed by atoms with E-state index in [1.54, 1.807) is 0 Å². The lowest BCUT2D eigenvalue weighted by Crippen LogP contribution is -2.46. The Morgan fingerprint density at radius 2 is 1.22 bits per heavy atom. The molecule has 4 nitrogen and oxygen atoms in total. The Morgan fingerprint density at radius 1 is 0.704 bits per heavy atom. The van der Waals surface area contributed by atoms with Gasteiger partial charge in [0.15, 0.2) is 5.54 Å². The second kappa shape index (κ2) is 7.08. The first-order valence-electron chi connectivity index (χ1n) is 8.96. The van der Waals surface area contributed by atoms with Gasteiger partial charge in [0.25, 0.3) is 5.91 Å². The molecule has 134 valence electrons. The Balaban J connectivity index is 1.73. The van der Waals surface area contributed by atoms with Gasteiger partial charge < -0.3 is 5.32 Å². The molecule has 4 rings (SSSR count). The molecule has 0 unspecified atom stereocenters. The van der Waals surface area contributed by atoms with Gasteiger partial charge in [-0.15, -0.1) is 0 Å². The topological polar surface area (TPSA) is 49.4 Å². The van der Waals surface area contributed by atoms with Crippen LogP contribution in [-0.2, 0) is 23.3 Å². The van der Waals surface area contributed by atoms with Gasteiger partial charge in [0, 0.05) is 6.42 Å². The second-order valence-corrected chi connectivity index (χ2v) is 6.74. The van der Waals surface area contributed by atoms with Crippen LogP contribution in [0.3, 0.4) is 0 Å². The minimum Gasteiger partial charge on any atom is -0.319 e. The van der Waals surface area contributed by atoms with E-state index in [0.29, 0.717) is 6.42 Å². The van der Waals surface area contributed by atoms with E-state index >= 15 is 0 Å². The minimum absolute atomic E-state index is 0.216. The number of carbonyl (C=O) groups excluding carboxylic acids is 2. The van der Waals surface area contributed by atoms with E-state index < -0.39 is 5.54 Å². The maximum atomic E-state index is 13.5. The summed E-state index contributed by atoms with van der Waals surface area (Å²) in [4.78, 5) is 27.6. The standard InChI is InChI=1S/C23H20N2O2/c26-21-23(20-14-8-3-9-15-20,16-18-10-4-1-5-11-18)24-22(27)25(21)17-19-12-6-2-7-13-19/h1-15H,16-17H2,(H,24,27)/t23-/m1/s1. The van der Waals surface area contributed by atoms with E-state index in [1.165, 1.54) is 4.90 Å². The number of amides is 3. The molecular formula is C23H20N2O2. The number of imide groups is 1. The molecule has 0 aromatic heterocycles. The maximum Gasteiger partial charge on any atom is 0.325 e. The smallest absolute Gasteiger partial charge is 0.319 e. The number of nitrogens with zero attached hydrogens (tertiary/aromatic N) is 1. The van der Waals surface area contributed by atoms with Gasteiger partial charge in [-0.05, 0) is 16.7 Å². The van der Waals surface area contributed by atoms with Crippen LogP contribution < -0.4 is 5.32 Å². The van der Waals surface area contributed by atoms with Crippen LogP contribution in [0.4, 0.5) is 4.79 Å². The van der Waals surface area contributed by atoms with Crippen LogP contribution in [0, 0.1) is 0 Å². The molecule has 4 heteroatoms. The van der Waals surface area contributed by atoms with Crippen LogP contribution in [0.5, 0.6) is 0 Å². The first kappa shape index (κ1) is 17.0. The van der Waals surface area contributed by atoms with Crippen LogP contribution in [-0.4, -0.2) is 16.8 Å². The number of urea groups is 1. The molecule has 1 atom stereocenters. The van der Waals surface area contributed by atoms with E-state index in [1.807, 2.05) is 91.0 Å². The highest BCUT2D eigenvalue weighted by atomic mass is 16.2. The summed E-state index contributed by atoms with van der Waals surface area (Å²) in [6.45, 7) is 0.259. The van der Waals surface area contributed by atoms with E-state index in [-0.39, 0.29) is 18.5 Å². The van der Waals surface area contributed by atoms with Crippen LogP contribution in [0.25, 0.3) is 0 Å². The quantitative estimate of drug-likeness (QED) is 0.706. The summed E-state index contributed by atoms with van der Waals surface area (Å²) in [7, 11) is 0. The van der Waals surface area contributed by atoms with E-state index in [0.717, 1.165) is 16.7 Å². The lowest BCUT2D eigenvalue weighted by Gasteiger charge is -2.27. The third-order valence-electron chi connectivity index (χ3n) is 4.94. The van der Waals surface area contributed by atoms with E-state index in [4.69, 9.17) is 0 Å². The summed E-state index contributed by atoms with van der Waals surface area (Å²) in [5.41, 5.74) is 1.62. The molecule has 1 saturated heterocycles. The van der Waals surface area contributed by atoms with Crippen LogP contribution in [0.1, 0.15) is 16.7 Å². The number of hydrogen-bond acceptors (Lipinski definition) is 2. The number of rotatable bonds is 5. The normalized spacial score (nSPS) is 19.2. The second-order valence-electron chi connectivity index (χ2n) is 6.74. The van der Waals surface area contributed by atoms with Gasteiger partial charge in [-0.25, -0.2) is 4.79 Å². The molecule has 1 heterocycles. The van der Waals surface area contributed by atoms with Crippen molar-refractivity contribution in [2.75, 3.05) is 0 Å². The maximum absolute atomic E-state index is 13.5. The zero-order valence-corrected chi connectivity index (χ0v) is 14.8. The first-order chi connectivity index (χ1) is 13.2. The van der Waals surface area contributed by atoms with Crippen molar-refractivity contribution in [3.8, 4) is 0 Å². The SMILES string of the molecule is O=C1N[C@](Cc2ccccc2)(c2ccccc2)C(=O)N1Cc1ccccc1. The van der Waals surface area contributed by atoms with Crippen LogP contribution in [0.15, 0.2) is 91.0 Å². The lowest BCUT2D eigenvalue weighted by atomic mass is 9.83. The van der Waals surface area contributed by atoms with Crippen molar-refractivity contribution in [1.82, 2.24) is 10.2 Å². The molecule has 3 aromatic carbocycles. The van der Waals surface area contributed by atoms with Gasteiger partial charge in [0.2, 0.25) is 0 Å². The predicted octanol–water partition coefficient (Wildman–Crippen LogP) is 3.88. The molecule has 0 aliphatic carbocycles. The molecule has 0 radical (unpaired) electrons. The largest absolute Gasteiger partial charge is 0.325 e. The Kier molecular flexibility index (Phi) is 4.47. The zero-order chi connectivity index (χ0) is 18.7. The van der Waals surface area contributed by atoms with E-state index in [2.05, 4.69) is 5.32 Å². The van der Waals surface area contributed by atoms with Crippen molar-refractivity contribution in [2.45, 2.75) is 18.5 Å². The van der Waals surface area contributed by atoms with Gasteiger partial charge in [0.05, 0.1) is 6.54 Å². The lowest BCUT2D eigenvalue weighted by molar-refractivity contribution is -0.132. The fourth-order valence-corrected chi connectivity index (χ4v) is 3.58. The van der Waals surface area contributed by atoms with Gasteiger partial charge in [-0.3, -0.25) is 9.69 Å². The van der Waals surface area contributed by atoms with Gasteiger partial charge >= 0.3 is 6.03 Å². The Bertz CT molecular complexity index is 942. The van der Waals surface area contributed by atoms with Crippen molar-refractivity contribution < 1.29 is 9.59 Å². The Labute approximate surface area is 158 Å². The summed E-state index contributed by atoms with van der Waals surface area (Å²) in [6.07, 6.45) is 0.410. The third kappa shape index (κ3) is 3.22. The van der Waals surface area contributed by atoms with E-state index in [9.17, 15) is 9.59 Å². The van der Waals surface area contributed by atoms with Crippen LogP contribution >= 0.6 is 0 Å². The number of benzene rings is 3. The van der Waals surface area contributed by atoms with Crippen molar-refractivity contribution in [3.05, 3.63) is 108 Å². The Morgan fingerprint density at radius 3 is 1.81 bits per heavy atom. The zero-order valence-electron chi connectivity index (χ0n) is 14.8. The molecule has 0 spiro atoms. The van der Waals surface area contributed by atoms with Crippen molar-refractivity contribution in [3.63, 3.8) is 0 Å². The van der Waals surface area contributed by atoms with Gasteiger partial charge in [-0.1, -0.05) is 91.0 Å². The fraction of sp³-hybridized carbons (Fsp3) is 0.130. The van der Waals surface area contributed by atoms with Crippen molar-refractivity contribution >= 4 is 11.9 Å². The molecule has 1 fully saturated rings. The number of nitrogens with one attached hydrogen (secondary N) is 1. The molecule has 27 heavy (non-hydrogen) atoms. The predicted molar refractivity (Wildman–Crippen MR) is 104 cm³/mol. The van der Waals surface area contributed by atoms with Crippen molar-refractivity contribution in [1.29, 1.82) is 0 Å². The average molecular weight is 356 g/mol. The summed E-state index contributed by atoms with van der Waals surface area (Å²) in [6, 6.07) is 28.5. The summed E-state index contributed by atoms with van der Waals surface area (Å²) in [5.74, 6) is -0.216. The van der Waals surface area contributed by atoms with Gasteiger partial charge in [0.1, 0.15) is 0 Å². The molecule has 0 bridgehead atoms. The van der Waals surface area contributed by atoms with Crippen molar-refractivity contribution in [2.24, 2.45) is 0 Å². The number of carbonyl (C=O) groups is 2. The highest BCUT2D eigenvalue weighted by Gasteiger charge is 2.52. The summed E-state index contributed by atoms with van der Waals surface area (Å²) < 4.78 is 0. The van der Waals surface area contributed by atoms with Crippen LogP contribution in [0.2, 0.25) is 0 Å². The fourth-order valence-electron chi connectivity index (χ4n) is 3.58. The Hall–Kier alpha value is -3.40.